The zero-order chi connectivity index (χ0) is 14.0. The second kappa shape index (κ2) is 5.48. The molecule has 0 radical (unpaired) electrons. The lowest BCUT2D eigenvalue weighted by Gasteiger charge is -2.19. The molecule has 1 atom stereocenters. The van der Waals surface area contributed by atoms with Crippen molar-refractivity contribution in [2.24, 2.45) is 12.8 Å². The molecule has 0 fully saturated rings. The Bertz CT molecular complexity index is 613. The summed E-state index contributed by atoms with van der Waals surface area (Å²) in [5, 5.41) is 0. The van der Waals surface area contributed by atoms with Crippen LogP contribution in [-0.4, -0.2) is 24.2 Å². The number of aromatic nitrogens is 1. The fourth-order valence-corrected chi connectivity index (χ4v) is 2.13. The molecular weight excluding hydrogens is 242 g/mol. The minimum atomic E-state index is -0.327. The second-order valence-electron chi connectivity index (χ2n) is 5.12. The van der Waals surface area contributed by atoms with Gasteiger partial charge in [-0.25, -0.2) is 4.79 Å². The summed E-state index contributed by atoms with van der Waals surface area (Å²) in [5.41, 5.74) is 8.27. The summed E-state index contributed by atoms with van der Waals surface area (Å²) in [4.78, 5) is 13.6. The first-order valence-electron chi connectivity index (χ1n) is 6.55. The Morgan fingerprint density at radius 2 is 2.21 bits per heavy atom. The van der Waals surface area contributed by atoms with Gasteiger partial charge < -0.3 is 15.1 Å². The van der Waals surface area contributed by atoms with Gasteiger partial charge in [0.2, 0.25) is 0 Å². The highest BCUT2D eigenvalue weighted by atomic mass is 16.4. The highest BCUT2D eigenvalue weighted by Crippen LogP contribution is 2.20. The van der Waals surface area contributed by atoms with Gasteiger partial charge in [-0.3, -0.25) is 4.57 Å². The van der Waals surface area contributed by atoms with E-state index in [1.807, 2.05) is 32.2 Å². The van der Waals surface area contributed by atoms with E-state index in [2.05, 4.69) is 4.90 Å². The standard InChI is InChI=1S/C14H21N3O2/c1-10(15)5-4-8-16(2)11-6-7-13-12(9-11)17(3)14(18)19-13/h6-7,9-10H,4-5,8,15H2,1-3H3. The van der Waals surface area contributed by atoms with Crippen LogP contribution in [0.15, 0.2) is 27.4 Å². The fourth-order valence-electron chi connectivity index (χ4n) is 2.13. The summed E-state index contributed by atoms with van der Waals surface area (Å²) in [7, 11) is 3.76. The van der Waals surface area contributed by atoms with E-state index in [1.54, 1.807) is 7.05 Å². The third kappa shape index (κ3) is 2.98. The maximum Gasteiger partial charge on any atom is 0.419 e. The Labute approximate surface area is 112 Å². The van der Waals surface area contributed by atoms with E-state index in [0.29, 0.717) is 5.58 Å². The molecule has 2 rings (SSSR count). The van der Waals surface area contributed by atoms with Crippen LogP contribution in [0.5, 0.6) is 0 Å². The summed E-state index contributed by atoms with van der Waals surface area (Å²) < 4.78 is 6.64. The molecular formula is C14H21N3O2. The average molecular weight is 263 g/mol. The molecule has 0 spiro atoms. The van der Waals surface area contributed by atoms with Crippen molar-refractivity contribution in [2.45, 2.75) is 25.8 Å². The minimum absolute atomic E-state index is 0.241. The third-order valence-corrected chi connectivity index (χ3v) is 3.37. The zero-order valence-electron chi connectivity index (χ0n) is 11.7. The smallest absolute Gasteiger partial charge is 0.408 e. The predicted octanol–water partition coefficient (Wildman–Crippen LogP) is 1.70. The quantitative estimate of drug-likeness (QED) is 0.891. The number of nitrogens with zero attached hydrogens (tertiary/aromatic N) is 2. The molecule has 0 saturated carbocycles. The molecule has 0 amide bonds. The lowest BCUT2D eigenvalue weighted by atomic mass is 10.2. The molecule has 1 unspecified atom stereocenters. The van der Waals surface area contributed by atoms with Gasteiger partial charge >= 0.3 is 5.76 Å². The van der Waals surface area contributed by atoms with Crippen LogP contribution in [0.25, 0.3) is 11.1 Å². The molecule has 0 aliphatic carbocycles. The van der Waals surface area contributed by atoms with E-state index < -0.39 is 0 Å². The summed E-state index contributed by atoms with van der Waals surface area (Å²) in [6.45, 7) is 2.96. The SMILES string of the molecule is CC(N)CCCN(C)c1ccc2oc(=O)n(C)c2c1. The van der Waals surface area contributed by atoms with Crippen LogP contribution < -0.4 is 16.4 Å². The number of aryl methyl sites for hydroxylation is 1. The van der Waals surface area contributed by atoms with Crippen LogP contribution in [0.1, 0.15) is 19.8 Å². The van der Waals surface area contributed by atoms with Crippen molar-refractivity contribution in [3.8, 4) is 0 Å². The number of fused-ring (bicyclic) bond motifs is 1. The van der Waals surface area contributed by atoms with Crippen molar-refractivity contribution in [3.63, 3.8) is 0 Å². The van der Waals surface area contributed by atoms with E-state index in [0.717, 1.165) is 30.6 Å². The van der Waals surface area contributed by atoms with Crippen molar-refractivity contribution in [1.29, 1.82) is 0 Å². The highest BCUT2D eigenvalue weighted by molar-refractivity contribution is 5.77. The van der Waals surface area contributed by atoms with Gasteiger partial charge in [0.1, 0.15) is 0 Å². The highest BCUT2D eigenvalue weighted by Gasteiger charge is 2.08. The first kappa shape index (κ1) is 13.7. The maximum atomic E-state index is 11.4. The first-order valence-corrected chi connectivity index (χ1v) is 6.55. The Hall–Kier alpha value is -1.75. The molecule has 1 aromatic heterocycles. The van der Waals surface area contributed by atoms with Gasteiger partial charge in [0, 0.05) is 32.4 Å². The van der Waals surface area contributed by atoms with Crippen LogP contribution in [0.3, 0.4) is 0 Å². The van der Waals surface area contributed by atoms with E-state index in [-0.39, 0.29) is 11.8 Å². The summed E-state index contributed by atoms with van der Waals surface area (Å²) in [5.74, 6) is -0.327. The minimum Gasteiger partial charge on any atom is -0.408 e. The van der Waals surface area contributed by atoms with Crippen molar-refractivity contribution < 1.29 is 4.42 Å². The largest absolute Gasteiger partial charge is 0.419 e. The van der Waals surface area contributed by atoms with E-state index in [4.69, 9.17) is 10.2 Å². The van der Waals surface area contributed by atoms with Gasteiger partial charge in [-0.05, 0) is 38.0 Å². The number of nitrogens with two attached hydrogens (primary N) is 1. The normalized spacial score (nSPS) is 12.8. The molecule has 104 valence electrons. The third-order valence-electron chi connectivity index (χ3n) is 3.37. The zero-order valence-corrected chi connectivity index (χ0v) is 11.7. The molecule has 5 nitrogen and oxygen atoms in total. The summed E-state index contributed by atoms with van der Waals surface area (Å²) in [6.07, 6.45) is 2.06. The Morgan fingerprint density at radius 3 is 2.89 bits per heavy atom. The van der Waals surface area contributed by atoms with Crippen LogP contribution in [0, 0.1) is 0 Å². The number of oxazole rings is 1. The Balaban J connectivity index is 2.16. The van der Waals surface area contributed by atoms with Crippen LogP contribution >= 0.6 is 0 Å². The Kier molecular flexibility index (Phi) is 3.95. The van der Waals surface area contributed by atoms with Gasteiger partial charge in [-0.1, -0.05) is 0 Å². The molecule has 0 bridgehead atoms. The van der Waals surface area contributed by atoms with E-state index in [1.165, 1.54) is 4.57 Å². The first-order chi connectivity index (χ1) is 8.99. The van der Waals surface area contributed by atoms with Gasteiger partial charge in [0.25, 0.3) is 0 Å². The number of hydrogen-bond acceptors (Lipinski definition) is 4. The maximum absolute atomic E-state index is 11.4. The number of hydrogen-bond donors (Lipinski definition) is 1. The van der Waals surface area contributed by atoms with Crippen molar-refractivity contribution >= 4 is 16.8 Å². The monoisotopic (exact) mass is 263 g/mol. The molecule has 2 N–H and O–H groups in total. The van der Waals surface area contributed by atoms with Crippen molar-refractivity contribution in [3.05, 3.63) is 28.7 Å². The second-order valence-corrected chi connectivity index (χ2v) is 5.12. The molecule has 5 heteroatoms. The van der Waals surface area contributed by atoms with Gasteiger partial charge in [0.15, 0.2) is 5.58 Å². The molecule has 0 aliphatic heterocycles. The van der Waals surface area contributed by atoms with Crippen LogP contribution in [0.4, 0.5) is 5.69 Å². The topological polar surface area (TPSA) is 64.4 Å². The predicted molar refractivity (Wildman–Crippen MR) is 77.6 cm³/mol. The lowest BCUT2D eigenvalue weighted by Crippen LogP contribution is -2.22. The molecule has 1 aromatic carbocycles. The van der Waals surface area contributed by atoms with Crippen LogP contribution in [0.2, 0.25) is 0 Å². The Morgan fingerprint density at radius 1 is 1.47 bits per heavy atom. The average Bonchev–Trinajstić information content (AvgIpc) is 2.64. The number of benzene rings is 1. The summed E-state index contributed by atoms with van der Waals surface area (Å²) in [6, 6.07) is 6.03. The van der Waals surface area contributed by atoms with Crippen LogP contribution in [-0.2, 0) is 7.05 Å². The fraction of sp³-hybridized carbons (Fsp3) is 0.500. The van der Waals surface area contributed by atoms with Crippen molar-refractivity contribution in [1.82, 2.24) is 4.57 Å². The van der Waals surface area contributed by atoms with E-state index >= 15 is 0 Å². The van der Waals surface area contributed by atoms with Crippen molar-refractivity contribution in [2.75, 3.05) is 18.5 Å². The molecule has 0 saturated heterocycles. The van der Waals surface area contributed by atoms with Gasteiger partial charge in [0.05, 0.1) is 5.52 Å². The van der Waals surface area contributed by atoms with E-state index in [9.17, 15) is 4.79 Å². The lowest BCUT2D eigenvalue weighted by molar-refractivity contribution is 0.528. The molecule has 0 aliphatic rings. The number of anilines is 1. The van der Waals surface area contributed by atoms with Gasteiger partial charge in [-0.2, -0.15) is 0 Å². The molecule has 1 heterocycles. The summed E-state index contributed by atoms with van der Waals surface area (Å²) >= 11 is 0. The van der Waals surface area contributed by atoms with Gasteiger partial charge in [-0.15, -0.1) is 0 Å². The number of rotatable bonds is 5. The molecule has 19 heavy (non-hydrogen) atoms. The molecule has 2 aromatic rings.